The molecular weight excluding hydrogens is 393 g/mol. The van der Waals surface area contributed by atoms with E-state index >= 15 is 0 Å². The fourth-order valence-corrected chi connectivity index (χ4v) is 2.64. The van der Waals surface area contributed by atoms with Gasteiger partial charge in [0.1, 0.15) is 5.75 Å². The highest BCUT2D eigenvalue weighted by atomic mass is 35.5. The average molecular weight is 410 g/mol. The Balaban J connectivity index is 1.96. The summed E-state index contributed by atoms with van der Waals surface area (Å²) in [7, 11) is 1.49. The maximum atomic E-state index is 12.4. The van der Waals surface area contributed by atoms with Crippen LogP contribution in [0.4, 0.5) is 5.69 Å². The van der Waals surface area contributed by atoms with E-state index in [4.69, 9.17) is 33.7 Å². The van der Waals surface area contributed by atoms with E-state index in [-0.39, 0.29) is 19.1 Å². The summed E-state index contributed by atoms with van der Waals surface area (Å²) in [4.78, 5) is 36.5. The molecule has 2 aromatic rings. The fourth-order valence-electron chi connectivity index (χ4n) is 2.15. The van der Waals surface area contributed by atoms with Crippen molar-refractivity contribution in [2.45, 2.75) is 0 Å². The molecule has 0 fully saturated rings. The van der Waals surface area contributed by atoms with Crippen molar-refractivity contribution in [3.63, 3.8) is 0 Å². The molecule has 9 heteroatoms. The van der Waals surface area contributed by atoms with Crippen molar-refractivity contribution in [1.82, 2.24) is 4.90 Å². The molecule has 0 aliphatic carbocycles. The molecule has 142 valence electrons. The summed E-state index contributed by atoms with van der Waals surface area (Å²) in [5.41, 5.74) is 5.65. The van der Waals surface area contributed by atoms with E-state index in [2.05, 4.69) is 5.32 Å². The lowest BCUT2D eigenvalue weighted by molar-refractivity contribution is -0.120. The van der Waals surface area contributed by atoms with Crippen LogP contribution in [-0.4, -0.2) is 42.8 Å². The Kier molecular flexibility index (Phi) is 7.04. The van der Waals surface area contributed by atoms with Crippen LogP contribution in [0.5, 0.6) is 5.75 Å². The second kappa shape index (κ2) is 9.25. The van der Waals surface area contributed by atoms with Crippen molar-refractivity contribution in [2.75, 3.05) is 25.5 Å². The molecule has 0 aliphatic rings. The van der Waals surface area contributed by atoms with Gasteiger partial charge in [-0.3, -0.25) is 14.4 Å². The van der Waals surface area contributed by atoms with Crippen molar-refractivity contribution in [1.29, 1.82) is 0 Å². The topological polar surface area (TPSA) is 102 Å². The van der Waals surface area contributed by atoms with E-state index in [9.17, 15) is 14.4 Å². The Morgan fingerprint density at radius 3 is 2.22 bits per heavy atom. The van der Waals surface area contributed by atoms with Crippen LogP contribution in [0.3, 0.4) is 0 Å². The Bertz CT molecular complexity index is 836. The minimum atomic E-state index is -0.598. The van der Waals surface area contributed by atoms with Crippen molar-refractivity contribution >= 4 is 46.6 Å². The molecule has 0 aromatic heterocycles. The summed E-state index contributed by atoms with van der Waals surface area (Å²) >= 11 is 12.0. The summed E-state index contributed by atoms with van der Waals surface area (Å²) in [6.07, 6.45) is 0. The molecule has 27 heavy (non-hydrogen) atoms. The number of carbonyl (C=O) groups is 3. The van der Waals surface area contributed by atoms with Crippen LogP contribution in [0.15, 0.2) is 42.5 Å². The summed E-state index contributed by atoms with van der Waals surface area (Å²) in [5.74, 6) is -1.00. The number of nitrogens with one attached hydrogen (secondary N) is 1. The van der Waals surface area contributed by atoms with Crippen LogP contribution in [0.25, 0.3) is 0 Å². The molecule has 0 bridgehead atoms. The number of carbonyl (C=O) groups excluding carboxylic acids is 3. The molecule has 3 N–H and O–H groups in total. The first kappa shape index (κ1) is 20.5. The normalized spacial score (nSPS) is 10.2. The number of benzene rings is 2. The fraction of sp³-hybridized carbons (Fsp3) is 0.167. The number of nitrogens with zero attached hydrogens (tertiary/aromatic N) is 1. The Labute approximate surface area is 166 Å². The highest BCUT2D eigenvalue weighted by Gasteiger charge is 2.17. The van der Waals surface area contributed by atoms with Gasteiger partial charge in [0, 0.05) is 12.6 Å². The monoisotopic (exact) mass is 409 g/mol. The van der Waals surface area contributed by atoms with Crippen LogP contribution < -0.4 is 15.8 Å². The number of likely N-dealkylation sites (N-methyl/N-ethyl adjacent to an activating group) is 1. The average Bonchev–Trinajstić information content (AvgIpc) is 2.63. The van der Waals surface area contributed by atoms with Crippen molar-refractivity contribution in [3.8, 4) is 5.75 Å². The van der Waals surface area contributed by atoms with Gasteiger partial charge in [-0.1, -0.05) is 29.3 Å². The minimum absolute atomic E-state index is 0.194. The molecule has 2 rings (SSSR count). The second-order valence-corrected chi connectivity index (χ2v) is 6.40. The van der Waals surface area contributed by atoms with Gasteiger partial charge in [-0.2, -0.15) is 0 Å². The molecule has 0 atom stereocenters. The van der Waals surface area contributed by atoms with Crippen molar-refractivity contribution < 1.29 is 19.1 Å². The zero-order valence-electron chi connectivity index (χ0n) is 14.4. The van der Waals surface area contributed by atoms with Crippen LogP contribution in [0.2, 0.25) is 10.0 Å². The number of amides is 3. The van der Waals surface area contributed by atoms with Crippen LogP contribution in [-0.2, 0) is 9.59 Å². The van der Waals surface area contributed by atoms with Crippen LogP contribution in [0, 0.1) is 0 Å². The number of para-hydroxylation sites is 1. The highest BCUT2D eigenvalue weighted by Crippen LogP contribution is 2.29. The van der Waals surface area contributed by atoms with Crippen LogP contribution in [0.1, 0.15) is 10.4 Å². The predicted molar refractivity (Wildman–Crippen MR) is 103 cm³/mol. The van der Waals surface area contributed by atoms with Gasteiger partial charge in [0.25, 0.3) is 11.8 Å². The van der Waals surface area contributed by atoms with Crippen LogP contribution >= 0.6 is 23.2 Å². The third-order valence-corrected chi connectivity index (χ3v) is 4.07. The second-order valence-electron chi connectivity index (χ2n) is 5.59. The number of ether oxygens (including phenoxy) is 1. The maximum absolute atomic E-state index is 12.4. The first-order valence-electron chi connectivity index (χ1n) is 7.78. The third kappa shape index (κ3) is 5.87. The molecule has 2 aromatic carbocycles. The number of halogens is 2. The quantitative estimate of drug-likeness (QED) is 0.733. The third-order valence-electron chi connectivity index (χ3n) is 3.44. The molecule has 0 aliphatic heterocycles. The molecule has 0 spiro atoms. The van der Waals surface area contributed by atoms with E-state index < -0.39 is 11.8 Å². The molecule has 3 amide bonds. The molecular formula is C18H17Cl2N3O4. The molecule has 7 nitrogen and oxygen atoms in total. The van der Waals surface area contributed by atoms with Gasteiger partial charge in [0.05, 0.1) is 22.3 Å². The molecule has 0 saturated heterocycles. The first-order valence-corrected chi connectivity index (χ1v) is 8.54. The zero-order chi connectivity index (χ0) is 20.0. The van der Waals surface area contributed by atoms with Gasteiger partial charge >= 0.3 is 0 Å². The van der Waals surface area contributed by atoms with Gasteiger partial charge in [0.15, 0.2) is 6.61 Å². The van der Waals surface area contributed by atoms with Gasteiger partial charge in [0.2, 0.25) is 5.91 Å². The molecule has 0 heterocycles. The summed E-state index contributed by atoms with van der Waals surface area (Å²) in [6, 6.07) is 11.0. The molecule has 0 radical (unpaired) electrons. The Morgan fingerprint density at radius 2 is 1.67 bits per heavy atom. The van der Waals surface area contributed by atoms with E-state index in [0.717, 1.165) is 0 Å². The largest absolute Gasteiger partial charge is 0.484 e. The standard InChI is InChI=1S/C18H17Cl2N3O4/c1-23(9-16(25)22-17-13(19)3-2-4-14(17)20)18(26)11-5-7-12(8-6-11)27-10-15(21)24/h2-8H,9-10H2,1H3,(H2,21,24)(H,22,25). The van der Waals surface area contributed by atoms with E-state index in [1.54, 1.807) is 18.2 Å². The van der Waals surface area contributed by atoms with E-state index in [0.29, 0.717) is 27.0 Å². The lowest BCUT2D eigenvalue weighted by Gasteiger charge is -2.18. The zero-order valence-corrected chi connectivity index (χ0v) is 15.9. The molecule has 0 unspecified atom stereocenters. The SMILES string of the molecule is CN(CC(=O)Nc1c(Cl)cccc1Cl)C(=O)c1ccc(OCC(N)=O)cc1. The van der Waals surface area contributed by atoms with E-state index in [1.165, 1.54) is 36.2 Å². The number of rotatable bonds is 7. The lowest BCUT2D eigenvalue weighted by atomic mass is 10.2. The number of primary amides is 1. The maximum Gasteiger partial charge on any atom is 0.255 e. The summed E-state index contributed by atoms with van der Waals surface area (Å²) in [6.45, 7) is -0.446. The Hall–Kier alpha value is -2.77. The van der Waals surface area contributed by atoms with Gasteiger partial charge in [-0.05, 0) is 36.4 Å². The number of anilines is 1. The highest BCUT2D eigenvalue weighted by molar-refractivity contribution is 6.39. The first-order chi connectivity index (χ1) is 12.8. The van der Waals surface area contributed by atoms with Crippen molar-refractivity contribution in [2.24, 2.45) is 5.73 Å². The summed E-state index contributed by atoms with van der Waals surface area (Å²) in [5, 5.41) is 3.20. The minimum Gasteiger partial charge on any atom is -0.484 e. The van der Waals surface area contributed by atoms with Gasteiger partial charge < -0.3 is 20.7 Å². The smallest absolute Gasteiger partial charge is 0.255 e. The predicted octanol–water partition coefficient (Wildman–Crippen LogP) is 2.57. The Morgan fingerprint density at radius 1 is 1.07 bits per heavy atom. The van der Waals surface area contributed by atoms with E-state index in [1.807, 2.05) is 0 Å². The van der Waals surface area contributed by atoms with Crippen molar-refractivity contribution in [3.05, 3.63) is 58.1 Å². The van der Waals surface area contributed by atoms with Gasteiger partial charge in [-0.15, -0.1) is 0 Å². The lowest BCUT2D eigenvalue weighted by Crippen LogP contribution is -2.35. The molecule has 0 saturated carbocycles. The van der Waals surface area contributed by atoms with Gasteiger partial charge in [-0.25, -0.2) is 0 Å². The number of hydrogen-bond donors (Lipinski definition) is 2. The number of hydrogen-bond acceptors (Lipinski definition) is 4. The summed E-state index contributed by atoms with van der Waals surface area (Å²) < 4.78 is 5.13. The number of nitrogens with two attached hydrogens (primary N) is 1.